The first-order valence-corrected chi connectivity index (χ1v) is 8.85. The minimum atomic E-state index is -0.821. The van der Waals surface area contributed by atoms with Crippen molar-refractivity contribution in [1.82, 2.24) is 0 Å². The Balaban J connectivity index is 0.000000181. The fourth-order valence-corrected chi connectivity index (χ4v) is 2.53. The zero-order chi connectivity index (χ0) is 17.9. The smallest absolute Gasteiger partial charge is 0.305 e. The minimum absolute atomic E-state index is 0.0359. The zero-order valence-corrected chi connectivity index (χ0v) is 14.9. The second kappa shape index (κ2) is 11.0. The highest BCUT2D eigenvalue weighted by molar-refractivity contribution is 5.69. The van der Waals surface area contributed by atoms with Crippen molar-refractivity contribution in [1.29, 1.82) is 0 Å². The first-order valence-electron chi connectivity index (χ1n) is 8.85. The van der Waals surface area contributed by atoms with Gasteiger partial charge in [-0.05, 0) is 52.4 Å². The van der Waals surface area contributed by atoms with E-state index in [1.807, 2.05) is 0 Å². The van der Waals surface area contributed by atoms with Gasteiger partial charge in [0.1, 0.15) is 0 Å². The predicted octanol–water partition coefficient (Wildman–Crippen LogP) is 3.00. The zero-order valence-electron chi connectivity index (χ0n) is 14.9. The normalized spacial score (nSPS) is 33.2. The third kappa shape index (κ3) is 9.54. The summed E-state index contributed by atoms with van der Waals surface area (Å²) in [6, 6.07) is 0. The van der Waals surface area contributed by atoms with E-state index in [4.69, 9.17) is 19.8 Å². The molecule has 0 radical (unpaired) electrons. The predicted molar refractivity (Wildman–Crippen MR) is 87.2 cm³/mol. The molecule has 0 aromatic rings. The first kappa shape index (κ1) is 21.3. The molecular formula is C17H32O7. The van der Waals surface area contributed by atoms with Crippen molar-refractivity contribution >= 4 is 5.97 Å². The van der Waals surface area contributed by atoms with Crippen molar-refractivity contribution in [3.05, 3.63) is 0 Å². The molecule has 0 amide bonds. The molecule has 0 bridgehead atoms. The van der Waals surface area contributed by atoms with Gasteiger partial charge in [-0.2, -0.15) is 0 Å². The molecule has 0 saturated carbocycles. The standard InChI is InChI=1S/C6H12O3.C6H12O2.C5H8O2/c1-6(9-7)4-2-3-5-8-6;1-6(7)4-2-3-5-8-6;6-5-3-1-2-4-7-5/h7H,2-5H2,1H3;7H,2-5H2,1H3;1-4H2. The molecule has 24 heavy (non-hydrogen) atoms. The molecule has 3 rings (SSSR count). The summed E-state index contributed by atoms with van der Waals surface area (Å²) in [6.07, 6.45) is 8.57. The molecule has 2 atom stereocenters. The van der Waals surface area contributed by atoms with Crippen LogP contribution in [-0.2, 0) is 23.9 Å². The average molecular weight is 348 g/mol. The Morgan fingerprint density at radius 3 is 1.79 bits per heavy atom. The summed E-state index contributed by atoms with van der Waals surface area (Å²) in [5.41, 5.74) is 0. The third-order valence-corrected chi connectivity index (χ3v) is 4.11. The number of aliphatic hydroxyl groups is 1. The van der Waals surface area contributed by atoms with E-state index in [9.17, 15) is 4.79 Å². The van der Waals surface area contributed by atoms with Gasteiger partial charge in [-0.3, -0.25) is 4.79 Å². The Morgan fingerprint density at radius 2 is 1.54 bits per heavy atom. The number of carbonyl (C=O) groups excluding carboxylic acids is 1. The van der Waals surface area contributed by atoms with Crippen LogP contribution in [0.2, 0.25) is 0 Å². The van der Waals surface area contributed by atoms with Gasteiger partial charge < -0.3 is 19.3 Å². The number of esters is 1. The van der Waals surface area contributed by atoms with Crippen LogP contribution in [0.1, 0.15) is 71.6 Å². The van der Waals surface area contributed by atoms with Gasteiger partial charge in [0.15, 0.2) is 11.6 Å². The molecule has 0 aromatic carbocycles. The Hall–Kier alpha value is -0.730. The van der Waals surface area contributed by atoms with E-state index in [-0.39, 0.29) is 5.97 Å². The van der Waals surface area contributed by atoms with E-state index in [1.54, 1.807) is 13.8 Å². The van der Waals surface area contributed by atoms with Crippen LogP contribution in [0.5, 0.6) is 0 Å². The summed E-state index contributed by atoms with van der Waals surface area (Å²) < 4.78 is 14.8. The van der Waals surface area contributed by atoms with Crippen molar-refractivity contribution in [2.45, 2.75) is 83.2 Å². The number of hydrogen-bond acceptors (Lipinski definition) is 7. The van der Waals surface area contributed by atoms with Crippen molar-refractivity contribution in [3.8, 4) is 0 Å². The summed E-state index contributed by atoms with van der Waals surface area (Å²) in [4.78, 5) is 14.4. The fourth-order valence-electron chi connectivity index (χ4n) is 2.53. The maximum absolute atomic E-state index is 10.2. The van der Waals surface area contributed by atoms with Gasteiger partial charge in [-0.1, -0.05) is 0 Å². The monoisotopic (exact) mass is 348 g/mol. The molecule has 0 aliphatic carbocycles. The molecule has 3 heterocycles. The summed E-state index contributed by atoms with van der Waals surface area (Å²) in [5.74, 6) is -1.58. The summed E-state index contributed by atoms with van der Waals surface area (Å²) in [6.45, 7) is 5.50. The highest BCUT2D eigenvalue weighted by atomic mass is 17.1. The quantitative estimate of drug-likeness (QED) is 0.427. The molecule has 3 aliphatic rings. The van der Waals surface area contributed by atoms with Crippen LogP contribution >= 0.6 is 0 Å². The largest absolute Gasteiger partial charge is 0.466 e. The Morgan fingerprint density at radius 1 is 0.917 bits per heavy atom. The average Bonchev–Trinajstić information content (AvgIpc) is 2.57. The van der Waals surface area contributed by atoms with Crippen LogP contribution in [0.25, 0.3) is 0 Å². The second-order valence-electron chi connectivity index (χ2n) is 6.69. The lowest BCUT2D eigenvalue weighted by atomic mass is 10.1. The maximum Gasteiger partial charge on any atom is 0.305 e. The van der Waals surface area contributed by atoms with Crippen molar-refractivity contribution in [3.63, 3.8) is 0 Å². The van der Waals surface area contributed by atoms with Crippen LogP contribution in [0.15, 0.2) is 0 Å². The molecule has 0 aromatic heterocycles. The van der Waals surface area contributed by atoms with Gasteiger partial charge in [-0.25, -0.2) is 10.1 Å². The topological polar surface area (TPSA) is 94.5 Å². The van der Waals surface area contributed by atoms with Crippen molar-refractivity contribution in [2.75, 3.05) is 19.8 Å². The van der Waals surface area contributed by atoms with E-state index in [0.29, 0.717) is 26.2 Å². The van der Waals surface area contributed by atoms with Crippen LogP contribution < -0.4 is 0 Å². The molecule has 0 spiro atoms. The number of cyclic esters (lactones) is 1. The first-order chi connectivity index (χ1) is 11.4. The van der Waals surface area contributed by atoms with Crippen LogP contribution in [0, 0.1) is 0 Å². The van der Waals surface area contributed by atoms with E-state index >= 15 is 0 Å². The summed E-state index contributed by atoms with van der Waals surface area (Å²) in [7, 11) is 0. The Labute approximate surface area is 144 Å². The van der Waals surface area contributed by atoms with Crippen LogP contribution in [0.3, 0.4) is 0 Å². The number of carbonyl (C=O) groups is 1. The van der Waals surface area contributed by atoms with Crippen LogP contribution in [0.4, 0.5) is 0 Å². The highest BCUT2D eigenvalue weighted by Gasteiger charge is 2.28. The summed E-state index contributed by atoms with van der Waals surface area (Å²) in [5, 5.41) is 17.5. The van der Waals surface area contributed by atoms with Gasteiger partial charge in [0.2, 0.25) is 0 Å². The van der Waals surface area contributed by atoms with Crippen LogP contribution in [-0.4, -0.2) is 47.7 Å². The van der Waals surface area contributed by atoms with Crippen molar-refractivity contribution < 1.29 is 34.3 Å². The molecule has 7 heteroatoms. The van der Waals surface area contributed by atoms with Gasteiger partial charge in [-0.15, -0.1) is 0 Å². The molecule has 3 fully saturated rings. The maximum atomic E-state index is 10.2. The second-order valence-corrected chi connectivity index (χ2v) is 6.69. The summed E-state index contributed by atoms with van der Waals surface area (Å²) >= 11 is 0. The number of ether oxygens (including phenoxy) is 3. The number of hydrogen-bond donors (Lipinski definition) is 2. The molecule has 142 valence electrons. The highest BCUT2D eigenvalue weighted by Crippen LogP contribution is 2.24. The fraction of sp³-hybridized carbons (Fsp3) is 0.941. The number of rotatable bonds is 1. The van der Waals surface area contributed by atoms with Gasteiger partial charge in [0, 0.05) is 19.3 Å². The van der Waals surface area contributed by atoms with Gasteiger partial charge in [0.05, 0.1) is 19.8 Å². The van der Waals surface area contributed by atoms with Gasteiger partial charge in [0.25, 0.3) is 0 Å². The minimum Gasteiger partial charge on any atom is -0.466 e. The lowest BCUT2D eigenvalue weighted by molar-refractivity contribution is -0.405. The molecule has 2 N–H and O–H groups in total. The Bertz CT molecular complexity index is 335. The van der Waals surface area contributed by atoms with Gasteiger partial charge >= 0.3 is 5.97 Å². The molecular weight excluding hydrogens is 316 g/mol. The molecule has 2 unspecified atom stereocenters. The van der Waals surface area contributed by atoms with E-state index in [2.05, 4.69) is 9.62 Å². The lowest BCUT2D eigenvalue weighted by Crippen LogP contribution is -2.34. The molecule has 3 aliphatic heterocycles. The Kier molecular flexibility index (Phi) is 9.76. The SMILES string of the molecule is CC1(O)CCCCO1.CC1(OO)CCCCO1.O=C1CCCCO1. The third-order valence-electron chi connectivity index (χ3n) is 4.11. The molecule has 3 saturated heterocycles. The lowest BCUT2D eigenvalue weighted by Gasteiger charge is -2.29. The van der Waals surface area contributed by atoms with Crippen molar-refractivity contribution in [2.24, 2.45) is 0 Å². The molecule has 7 nitrogen and oxygen atoms in total. The van der Waals surface area contributed by atoms with E-state index in [1.165, 1.54) is 0 Å². The van der Waals surface area contributed by atoms with E-state index in [0.717, 1.165) is 51.4 Å². The van der Waals surface area contributed by atoms with E-state index < -0.39 is 11.6 Å².